The molecule has 2 rings (SSSR count). The topological polar surface area (TPSA) is 97.0 Å². The van der Waals surface area contributed by atoms with Gasteiger partial charge in [0.2, 0.25) is 5.75 Å². The average molecular weight is 240 g/mol. The maximum atomic E-state index is 10.6. The van der Waals surface area contributed by atoms with E-state index in [0.717, 1.165) is 0 Å². The molecule has 0 spiro atoms. The molecule has 0 saturated carbocycles. The maximum Gasteiger partial charge on any atom is 0.378 e. The Bertz CT molecular complexity index is 473. The second-order valence-electron chi connectivity index (χ2n) is 3.27. The van der Waals surface area contributed by atoms with Gasteiger partial charge in [0.25, 0.3) is 0 Å². The first kappa shape index (κ1) is 13.0. The van der Waals surface area contributed by atoms with Crippen LogP contribution in [0.3, 0.4) is 0 Å². The zero-order valence-corrected chi connectivity index (χ0v) is 9.12. The molecule has 2 N–H and O–H groups in total. The molecule has 1 aliphatic rings. The Balaban J connectivity index is 0.000000171. The summed E-state index contributed by atoms with van der Waals surface area (Å²) in [5.41, 5.74) is -0.701. The summed E-state index contributed by atoms with van der Waals surface area (Å²) in [6.07, 6.45) is 1.56. The Morgan fingerprint density at radius 2 is 2.12 bits per heavy atom. The quantitative estimate of drug-likeness (QED) is 0.672. The Morgan fingerprint density at radius 1 is 1.41 bits per heavy atom. The van der Waals surface area contributed by atoms with E-state index in [4.69, 9.17) is 14.9 Å². The second-order valence-corrected chi connectivity index (χ2v) is 3.27. The largest absolute Gasteiger partial charge is 0.502 e. The van der Waals surface area contributed by atoms with Gasteiger partial charge in [-0.1, -0.05) is 0 Å². The van der Waals surface area contributed by atoms with Gasteiger partial charge in [0.05, 0.1) is 12.0 Å². The van der Waals surface area contributed by atoms with Gasteiger partial charge >= 0.3 is 5.63 Å². The van der Waals surface area contributed by atoms with Gasteiger partial charge in [0.15, 0.2) is 11.9 Å². The highest BCUT2D eigenvalue weighted by Crippen LogP contribution is 2.05. The molecular formula is C11H12O6. The van der Waals surface area contributed by atoms with Crippen LogP contribution in [0.5, 0.6) is 5.75 Å². The fraction of sp³-hybridized carbons (Fsp3) is 0.273. The molecule has 0 aliphatic carbocycles. The molecule has 0 radical (unpaired) electrons. The summed E-state index contributed by atoms with van der Waals surface area (Å²) in [6.45, 7) is 1.78. The van der Waals surface area contributed by atoms with Crippen LogP contribution in [0.1, 0.15) is 6.92 Å². The summed E-state index contributed by atoms with van der Waals surface area (Å²) in [5.74, 6) is -0.0449. The minimum absolute atomic E-state index is 0.0984. The lowest BCUT2D eigenvalue weighted by molar-refractivity contribution is -0.126. The van der Waals surface area contributed by atoms with Crippen LogP contribution in [0.25, 0.3) is 0 Å². The molecule has 1 unspecified atom stereocenters. The first-order valence-corrected chi connectivity index (χ1v) is 4.80. The molecule has 1 atom stereocenters. The van der Waals surface area contributed by atoms with Gasteiger partial charge in [-0.05, 0) is 19.1 Å². The summed E-state index contributed by atoms with van der Waals surface area (Å²) in [7, 11) is 0. The predicted molar refractivity (Wildman–Crippen MR) is 57.4 cm³/mol. The van der Waals surface area contributed by atoms with Gasteiger partial charge in [0.1, 0.15) is 6.61 Å². The van der Waals surface area contributed by atoms with Crippen molar-refractivity contribution in [3.8, 4) is 5.75 Å². The van der Waals surface area contributed by atoms with E-state index in [1.165, 1.54) is 24.5 Å². The van der Waals surface area contributed by atoms with E-state index in [0.29, 0.717) is 5.76 Å². The number of hydrogen-bond acceptors (Lipinski definition) is 6. The standard InChI is InChI=1S/C6H8O3.C5H4O3/c1-4-2-5(7)6(8)3-9-4;6-4-2-1-3-8-5(4)7/h2,6,8H,3H2,1H3;1-3,6H. The van der Waals surface area contributed by atoms with Crippen molar-refractivity contribution in [1.29, 1.82) is 0 Å². The van der Waals surface area contributed by atoms with Gasteiger partial charge in [-0.3, -0.25) is 4.79 Å². The molecule has 0 amide bonds. The van der Waals surface area contributed by atoms with E-state index in [-0.39, 0.29) is 18.1 Å². The number of carbonyl (C=O) groups is 1. The summed E-state index contributed by atoms with van der Waals surface area (Å²) >= 11 is 0. The molecule has 92 valence electrons. The van der Waals surface area contributed by atoms with Crippen LogP contribution < -0.4 is 5.63 Å². The second kappa shape index (κ2) is 5.86. The van der Waals surface area contributed by atoms with Crippen LogP contribution in [0.2, 0.25) is 0 Å². The van der Waals surface area contributed by atoms with E-state index in [2.05, 4.69) is 4.42 Å². The third-order valence-corrected chi connectivity index (χ3v) is 1.86. The number of carbonyl (C=O) groups excluding carboxylic acids is 1. The monoisotopic (exact) mass is 240 g/mol. The molecule has 1 aliphatic heterocycles. The molecule has 0 aromatic carbocycles. The molecule has 1 aromatic heterocycles. The van der Waals surface area contributed by atoms with Gasteiger partial charge in [-0.25, -0.2) is 4.79 Å². The summed E-state index contributed by atoms with van der Waals surface area (Å²) < 4.78 is 9.10. The Hall–Kier alpha value is -2.08. The molecule has 6 heteroatoms. The van der Waals surface area contributed by atoms with Gasteiger partial charge < -0.3 is 19.4 Å². The predicted octanol–water partition coefficient (Wildman–Crippen LogP) is 0.196. The van der Waals surface area contributed by atoms with Crippen molar-refractivity contribution in [3.63, 3.8) is 0 Å². The lowest BCUT2D eigenvalue weighted by Gasteiger charge is -2.14. The molecule has 17 heavy (non-hydrogen) atoms. The van der Waals surface area contributed by atoms with Crippen LogP contribution >= 0.6 is 0 Å². The Kier molecular flexibility index (Phi) is 4.47. The van der Waals surface area contributed by atoms with Crippen molar-refractivity contribution in [2.75, 3.05) is 6.61 Å². The summed E-state index contributed by atoms with van der Waals surface area (Å²) in [5, 5.41) is 17.3. The van der Waals surface area contributed by atoms with Crippen molar-refractivity contribution < 1.29 is 24.2 Å². The van der Waals surface area contributed by atoms with E-state index < -0.39 is 11.7 Å². The fourth-order valence-corrected chi connectivity index (χ4v) is 0.991. The average Bonchev–Trinajstić information content (AvgIpc) is 2.29. The number of aliphatic hydroxyl groups is 1. The molecule has 0 bridgehead atoms. The third kappa shape index (κ3) is 4.12. The number of aliphatic hydroxyl groups excluding tert-OH is 1. The summed E-state index contributed by atoms with van der Waals surface area (Å²) in [4.78, 5) is 20.8. The smallest absolute Gasteiger partial charge is 0.378 e. The normalized spacial score (nSPS) is 18.6. The maximum absolute atomic E-state index is 10.6. The molecule has 1 aromatic rings. The van der Waals surface area contributed by atoms with Gasteiger partial charge in [-0.2, -0.15) is 0 Å². The van der Waals surface area contributed by atoms with Gasteiger partial charge in [-0.15, -0.1) is 0 Å². The molecular weight excluding hydrogens is 228 g/mol. The van der Waals surface area contributed by atoms with Crippen molar-refractivity contribution in [1.82, 2.24) is 0 Å². The first-order valence-electron chi connectivity index (χ1n) is 4.80. The summed E-state index contributed by atoms with van der Waals surface area (Å²) in [6, 6.07) is 2.71. The van der Waals surface area contributed by atoms with Crippen LogP contribution in [0.4, 0.5) is 0 Å². The Labute approximate surface area is 96.8 Å². The third-order valence-electron chi connectivity index (χ3n) is 1.86. The number of hydrogen-bond donors (Lipinski definition) is 2. The molecule has 6 nitrogen and oxygen atoms in total. The fourth-order valence-electron chi connectivity index (χ4n) is 0.991. The number of ether oxygens (including phenoxy) is 1. The van der Waals surface area contributed by atoms with E-state index in [1.54, 1.807) is 6.92 Å². The van der Waals surface area contributed by atoms with E-state index >= 15 is 0 Å². The van der Waals surface area contributed by atoms with Crippen molar-refractivity contribution in [2.24, 2.45) is 0 Å². The highest BCUT2D eigenvalue weighted by Gasteiger charge is 2.18. The highest BCUT2D eigenvalue weighted by atomic mass is 16.5. The van der Waals surface area contributed by atoms with Crippen LogP contribution in [0.15, 0.2) is 39.4 Å². The number of allylic oxidation sites excluding steroid dienone is 1. The minimum Gasteiger partial charge on any atom is -0.502 e. The first-order chi connectivity index (χ1) is 8.00. The minimum atomic E-state index is -0.950. The lowest BCUT2D eigenvalue weighted by atomic mass is 10.2. The molecule has 2 heterocycles. The van der Waals surface area contributed by atoms with Crippen LogP contribution in [0, 0.1) is 0 Å². The molecule has 0 fully saturated rings. The lowest BCUT2D eigenvalue weighted by Crippen LogP contribution is -2.27. The number of ketones is 1. The zero-order chi connectivity index (χ0) is 12.8. The van der Waals surface area contributed by atoms with E-state index in [1.807, 2.05) is 0 Å². The van der Waals surface area contributed by atoms with Crippen molar-refractivity contribution in [3.05, 3.63) is 40.7 Å². The SMILES string of the molecule is CC1=CC(=O)C(O)CO1.O=c1occcc1O. The number of aromatic hydroxyl groups is 1. The van der Waals surface area contributed by atoms with Crippen LogP contribution in [-0.4, -0.2) is 28.7 Å². The Morgan fingerprint density at radius 3 is 2.53 bits per heavy atom. The van der Waals surface area contributed by atoms with Crippen molar-refractivity contribution >= 4 is 5.78 Å². The highest BCUT2D eigenvalue weighted by molar-refractivity contribution is 5.94. The van der Waals surface area contributed by atoms with Crippen molar-refractivity contribution in [2.45, 2.75) is 13.0 Å². The zero-order valence-electron chi connectivity index (χ0n) is 9.12. The number of rotatable bonds is 0. The van der Waals surface area contributed by atoms with Crippen LogP contribution in [-0.2, 0) is 9.53 Å². The molecule has 0 saturated heterocycles. The van der Waals surface area contributed by atoms with Gasteiger partial charge in [0, 0.05) is 6.08 Å². The van der Waals surface area contributed by atoms with E-state index in [9.17, 15) is 9.59 Å².